The fourth-order valence-corrected chi connectivity index (χ4v) is 4.11. The number of halogens is 1. The zero-order valence-corrected chi connectivity index (χ0v) is 19.1. The average Bonchev–Trinajstić information content (AvgIpc) is 3.45. The third-order valence-corrected chi connectivity index (χ3v) is 6.01. The van der Waals surface area contributed by atoms with Gasteiger partial charge in [0.15, 0.2) is 24.7 Å². The minimum absolute atomic E-state index is 0.0561. The molecule has 1 aliphatic heterocycles. The van der Waals surface area contributed by atoms with E-state index in [1.54, 1.807) is 6.07 Å². The lowest BCUT2D eigenvalue weighted by Gasteiger charge is -2.14. The van der Waals surface area contributed by atoms with Crippen LogP contribution in [0.2, 0.25) is 0 Å². The van der Waals surface area contributed by atoms with Crippen LogP contribution in [0, 0.1) is 5.82 Å². The van der Waals surface area contributed by atoms with Gasteiger partial charge in [-0.1, -0.05) is 18.2 Å². The molecule has 1 aliphatic carbocycles. The standard InChI is InChI=1S/C24H23FN6O5/c25-18-9-14(3-7-20(18)36-12-21-28-30-31(29-21)11-23(33)34)17(10-15-4-8-22(32)26-15)19-6-5-16(13-1-2-13)24(35)27-19/h3,5-7,9-10,13,15H,1-2,4,8,11-12H2,(H,26,32)(H,27,35)(H,33,34)/b17-10+/t15-/m1/s1. The number of nitrogens with one attached hydrogen (secondary N) is 2. The summed E-state index contributed by atoms with van der Waals surface area (Å²) in [6.07, 6.45) is 4.82. The Bertz CT molecular complexity index is 1410. The van der Waals surface area contributed by atoms with Gasteiger partial charge in [-0.15, -0.1) is 10.2 Å². The molecular weight excluding hydrogens is 471 g/mol. The van der Waals surface area contributed by atoms with Crippen molar-refractivity contribution < 1.29 is 23.8 Å². The number of carboxylic acids is 1. The zero-order valence-electron chi connectivity index (χ0n) is 19.1. The summed E-state index contributed by atoms with van der Waals surface area (Å²) in [5.74, 6) is -1.49. The quantitative estimate of drug-likeness (QED) is 0.407. The molecule has 2 fully saturated rings. The number of carbonyl (C=O) groups is 2. The molecule has 1 aromatic carbocycles. The molecule has 0 bridgehead atoms. The van der Waals surface area contributed by atoms with Crippen molar-refractivity contribution in [2.75, 3.05) is 0 Å². The molecule has 1 amide bonds. The van der Waals surface area contributed by atoms with Gasteiger partial charge in [0.25, 0.3) is 5.56 Å². The third kappa shape index (κ3) is 5.32. The number of nitrogens with zero attached hydrogens (tertiary/aromatic N) is 4. The Labute approximate surface area is 204 Å². The van der Waals surface area contributed by atoms with Crippen molar-refractivity contribution in [2.24, 2.45) is 0 Å². The van der Waals surface area contributed by atoms with Crippen LogP contribution in [-0.4, -0.2) is 48.2 Å². The second kappa shape index (κ2) is 9.72. The Kier molecular flexibility index (Phi) is 6.32. The number of benzene rings is 1. The van der Waals surface area contributed by atoms with Crippen molar-refractivity contribution in [2.45, 2.75) is 50.8 Å². The number of H-pyrrole nitrogens is 1. The molecule has 11 nitrogen and oxygen atoms in total. The van der Waals surface area contributed by atoms with Crippen molar-refractivity contribution >= 4 is 17.4 Å². The van der Waals surface area contributed by atoms with Crippen LogP contribution in [0.15, 0.2) is 41.2 Å². The summed E-state index contributed by atoms with van der Waals surface area (Å²) in [5.41, 5.74) is 2.20. The van der Waals surface area contributed by atoms with E-state index in [9.17, 15) is 14.4 Å². The normalized spacial score (nSPS) is 17.8. The molecule has 36 heavy (non-hydrogen) atoms. The van der Waals surface area contributed by atoms with E-state index in [0.717, 1.165) is 23.2 Å². The highest BCUT2D eigenvalue weighted by atomic mass is 19.1. The van der Waals surface area contributed by atoms with Gasteiger partial charge in [-0.05, 0) is 54.2 Å². The molecule has 0 spiro atoms. The Hall–Kier alpha value is -4.35. The zero-order chi connectivity index (χ0) is 25.2. The molecule has 5 rings (SSSR count). The van der Waals surface area contributed by atoms with Gasteiger partial charge in [0.1, 0.15) is 0 Å². The lowest BCUT2D eigenvalue weighted by atomic mass is 9.98. The van der Waals surface area contributed by atoms with Crippen molar-refractivity contribution in [3.63, 3.8) is 0 Å². The van der Waals surface area contributed by atoms with Crippen LogP contribution in [-0.2, 0) is 22.7 Å². The summed E-state index contributed by atoms with van der Waals surface area (Å²) in [6.45, 7) is -0.654. The number of carbonyl (C=O) groups excluding carboxylic acids is 1. The second-order valence-electron chi connectivity index (χ2n) is 8.79. The van der Waals surface area contributed by atoms with Gasteiger partial charge in [-0.3, -0.25) is 14.4 Å². The number of rotatable bonds is 9. The van der Waals surface area contributed by atoms with Gasteiger partial charge in [-0.2, -0.15) is 4.80 Å². The first-order valence-corrected chi connectivity index (χ1v) is 11.5. The Morgan fingerprint density at radius 1 is 1.22 bits per heavy atom. The van der Waals surface area contributed by atoms with Crippen LogP contribution in [0.5, 0.6) is 5.75 Å². The van der Waals surface area contributed by atoms with E-state index in [4.69, 9.17) is 9.84 Å². The number of carboxylic acid groups (broad SMARTS) is 1. The first kappa shape index (κ1) is 23.4. The lowest BCUT2D eigenvalue weighted by Crippen LogP contribution is -2.23. The van der Waals surface area contributed by atoms with E-state index >= 15 is 4.39 Å². The number of ether oxygens (including phenoxy) is 1. The van der Waals surface area contributed by atoms with Gasteiger partial charge < -0.3 is 20.1 Å². The van der Waals surface area contributed by atoms with Crippen molar-refractivity contribution in [3.05, 3.63) is 75.2 Å². The maximum atomic E-state index is 15.0. The molecule has 3 aromatic rings. The number of tetrazole rings is 1. The van der Waals surface area contributed by atoms with Gasteiger partial charge in [0.05, 0.1) is 0 Å². The highest BCUT2D eigenvalue weighted by Gasteiger charge is 2.27. The van der Waals surface area contributed by atoms with Crippen LogP contribution >= 0.6 is 0 Å². The topological polar surface area (TPSA) is 152 Å². The molecule has 2 aromatic heterocycles. The van der Waals surface area contributed by atoms with Gasteiger partial charge >= 0.3 is 5.97 Å². The second-order valence-corrected chi connectivity index (χ2v) is 8.79. The largest absolute Gasteiger partial charge is 0.482 e. The number of hydrogen-bond acceptors (Lipinski definition) is 7. The summed E-state index contributed by atoms with van der Waals surface area (Å²) in [5, 5.41) is 22.8. The fourth-order valence-electron chi connectivity index (χ4n) is 4.11. The minimum atomic E-state index is -1.12. The minimum Gasteiger partial charge on any atom is -0.482 e. The molecule has 2 aliphatic rings. The number of pyridine rings is 1. The Balaban J connectivity index is 1.39. The first-order chi connectivity index (χ1) is 17.4. The molecular formula is C24H23FN6O5. The molecule has 1 atom stereocenters. The average molecular weight is 494 g/mol. The van der Waals surface area contributed by atoms with Crippen LogP contribution in [0.25, 0.3) is 5.57 Å². The SMILES string of the molecule is O=C(O)Cn1nnc(COc2ccc(/C(=C\[C@H]3CCC(=O)N3)c3ccc(C4CC4)c(=O)[nH]3)cc2F)n1. The van der Waals surface area contributed by atoms with Gasteiger partial charge in [-0.25, -0.2) is 4.39 Å². The number of aromatic nitrogens is 5. The van der Waals surface area contributed by atoms with E-state index in [1.807, 2.05) is 18.2 Å². The monoisotopic (exact) mass is 494 g/mol. The third-order valence-electron chi connectivity index (χ3n) is 6.01. The number of aliphatic carboxylic acids is 1. The Morgan fingerprint density at radius 2 is 2.06 bits per heavy atom. The van der Waals surface area contributed by atoms with E-state index in [0.29, 0.717) is 35.6 Å². The predicted molar refractivity (Wildman–Crippen MR) is 123 cm³/mol. The van der Waals surface area contributed by atoms with E-state index < -0.39 is 18.3 Å². The molecule has 186 valence electrons. The summed E-state index contributed by atoms with van der Waals surface area (Å²) in [7, 11) is 0. The molecule has 0 unspecified atom stereocenters. The van der Waals surface area contributed by atoms with E-state index in [1.165, 1.54) is 12.1 Å². The number of amides is 1. The maximum absolute atomic E-state index is 15.0. The van der Waals surface area contributed by atoms with Crippen LogP contribution < -0.4 is 15.6 Å². The fraction of sp³-hybridized carbons (Fsp3) is 0.333. The Morgan fingerprint density at radius 3 is 2.72 bits per heavy atom. The molecule has 3 heterocycles. The van der Waals surface area contributed by atoms with Crippen LogP contribution in [0.4, 0.5) is 4.39 Å². The maximum Gasteiger partial charge on any atom is 0.327 e. The molecule has 0 radical (unpaired) electrons. The van der Waals surface area contributed by atoms with Crippen molar-refractivity contribution in [3.8, 4) is 5.75 Å². The highest BCUT2D eigenvalue weighted by Crippen LogP contribution is 2.38. The lowest BCUT2D eigenvalue weighted by molar-refractivity contribution is -0.138. The van der Waals surface area contributed by atoms with Gasteiger partial charge in [0.2, 0.25) is 11.7 Å². The summed E-state index contributed by atoms with van der Waals surface area (Å²) < 4.78 is 20.5. The summed E-state index contributed by atoms with van der Waals surface area (Å²) in [6, 6.07) is 7.78. The van der Waals surface area contributed by atoms with E-state index in [2.05, 4.69) is 25.7 Å². The summed E-state index contributed by atoms with van der Waals surface area (Å²) in [4.78, 5) is 38.9. The first-order valence-electron chi connectivity index (χ1n) is 11.5. The van der Waals surface area contributed by atoms with E-state index in [-0.39, 0.29) is 35.7 Å². The predicted octanol–water partition coefficient (Wildman–Crippen LogP) is 1.75. The molecule has 3 N–H and O–H groups in total. The molecule has 1 saturated carbocycles. The summed E-state index contributed by atoms with van der Waals surface area (Å²) >= 11 is 0. The number of hydrogen-bond donors (Lipinski definition) is 3. The smallest absolute Gasteiger partial charge is 0.327 e. The molecule has 1 saturated heterocycles. The van der Waals surface area contributed by atoms with Crippen molar-refractivity contribution in [1.82, 2.24) is 30.5 Å². The van der Waals surface area contributed by atoms with Crippen LogP contribution in [0.1, 0.15) is 54.2 Å². The number of aromatic amines is 1. The molecule has 12 heteroatoms. The van der Waals surface area contributed by atoms with Crippen molar-refractivity contribution in [1.29, 1.82) is 0 Å². The highest BCUT2D eigenvalue weighted by molar-refractivity contribution is 5.82. The van der Waals surface area contributed by atoms with Gasteiger partial charge in [0, 0.05) is 29.3 Å². The van der Waals surface area contributed by atoms with Crippen LogP contribution in [0.3, 0.4) is 0 Å².